The zero-order chi connectivity index (χ0) is 13.5. The molecule has 5 heteroatoms. The van der Waals surface area contributed by atoms with Crippen LogP contribution in [0, 0.1) is 11.3 Å². The van der Waals surface area contributed by atoms with Crippen molar-refractivity contribution in [3.8, 4) is 0 Å². The Morgan fingerprint density at radius 1 is 1.68 bits per heavy atom. The van der Waals surface area contributed by atoms with Crippen molar-refractivity contribution in [2.24, 2.45) is 11.3 Å². The van der Waals surface area contributed by atoms with Crippen LogP contribution in [-0.4, -0.2) is 20.5 Å². The molecule has 0 amide bonds. The zero-order valence-corrected chi connectivity index (χ0v) is 11.8. The molecule has 3 rings (SSSR count). The van der Waals surface area contributed by atoms with Gasteiger partial charge in [0.2, 0.25) is 0 Å². The maximum absolute atomic E-state index is 11.7. The minimum absolute atomic E-state index is 0.494. The Morgan fingerprint density at radius 2 is 2.53 bits per heavy atom. The lowest BCUT2D eigenvalue weighted by Crippen LogP contribution is -2.38. The van der Waals surface area contributed by atoms with Crippen LogP contribution in [0.25, 0.3) is 4.96 Å². The number of nitrogens with zero attached hydrogens (tertiary/aromatic N) is 2. The summed E-state index contributed by atoms with van der Waals surface area (Å²) in [5, 5.41) is 11.6. The summed E-state index contributed by atoms with van der Waals surface area (Å²) in [6.45, 7) is 2.16. The molecular formula is C14H18N2O2S. The summed E-state index contributed by atoms with van der Waals surface area (Å²) in [6.07, 6.45) is 8.19. The van der Waals surface area contributed by atoms with Gasteiger partial charge in [0.1, 0.15) is 0 Å². The molecule has 1 saturated carbocycles. The van der Waals surface area contributed by atoms with Crippen molar-refractivity contribution in [1.29, 1.82) is 0 Å². The van der Waals surface area contributed by atoms with E-state index < -0.39 is 11.4 Å². The van der Waals surface area contributed by atoms with Crippen LogP contribution in [0.4, 0.5) is 0 Å². The maximum Gasteiger partial charge on any atom is 0.310 e. The summed E-state index contributed by atoms with van der Waals surface area (Å²) in [5.74, 6) is -0.163. The molecule has 0 aromatic carbocycles. The van der Waals surface area contributed by atoms with Gasteiger partial charge in [0.15, 0.2) is 4.96 Å². The number of carbonyl (C=O) groups is 1. The number of hydrogen-bond acceptors (Lipinski definition) is 3. The van der Waals surface area contributed by atoms with Gasteiger partial charge in [-0.15, -0.1) is 11.3 Å². The van der Waals surface area contributed by atoms with Gasteiger partial charge in [-0.2, -0.15) is 0 Å². The lowest BCUT2D eigenvalue weighted by atomic mass is 9.68. The van der Waals surface area contributed by atoms with Gasteiger partial charge < -0.3 is 5.11 Å². The number of fused-ring (bicyclic) bond motifs is 1. The summed E-state index contributed by atoms with van der Waals surface area (Å²) in [7, 11) is 0. The largest absolute Gasteiger partial charge is 0.481 e. The minimum atomic E-state index is -0.657. The molecule has 2 atom stereocenters. The van der Waals surface area contributed by atoms with Crippen LogP contribution in [0.5, 0.6) is 0 Å². The third kappa shape index (κ3) is 2.27. The number of hydrogen-bond donors (Lipinski definition) is 1. The van der Waals surface area contributed by atoms with Crippen LogP contribution in [0.2, 0.25) is 0 Å². The smallest absolute Gasteiger partial charge is 0.310 e. The van der Waals surface area contributed by atoms with Crippen molar-refractivity contribution in [2.45, 2.75) is 39.0 Å². The molecule has 1 N–H and O–H groups in total. The van der Waals surface area contributed by atoms with Gasteiger partial charge >= 0.3 is 5.97 Å². The summed E-state index contributed by atoms with van der Waals surface area (Å²) < 4.78 is 1.97. The first-order valence-corrected chi connectivity index (χ1v) is 7.61. The standard InChI is InChI=1S/C14H18N2O2S/c1-10-3-2-4-14(7-10,12(17)18)8-11-9-16-5-6-19-13(16)15-11/h5-6,9-10H,2-4,7-8H2,1H3,(H,17,18). The van der Waals surface area contributed by atoms with E-state index in [1.54, 1.807) is 11.3 Å². The molecular weight excluding hydrogens is 260 g/mol. The van der Waals surface area contributed by atoms with Crippen molar-refractivity contribution in [3.05, 3.63) is 23.5 Å². The average molecular weight is 278 g/mol. The molecule has 102 valence electrons. The molecule has 0 bridgehead atoms. The average Bonchev–Trinajstić information content (AvgIpc) is 2.89. The third-order valence-electron chi connectivity index (χ3n) is 4.21. The van der Waals surface area contributed by atoms with Crippen molar-refractivity contribution in [2.75, 3.05) is 0 Å². The maximum atomic E-state index is 11.7. The Labute approximate surface area is 116 Å². The first-order valence-electron chi connectivity index (χ1n) is 6.73. The van der Waals surface area contributed by atoms with E-state index >= 15 is 0 Å². The van der Waals surface area contributed by atoms with Crippen LogP contribution in [0.3, 0.4) is 0 Å². The Kier molecular flexibility index (Phi) is 3.09. The van der Waals surface area contributed by atoms with Gasteiger partial charge in [-0.3, -0.25) is 9.20 Å². The number of thiazole rings is 1. The molecule has 0 spiro atoms. The van der Waals surface area contributed by atoms with Gasteiger partial charge in [0.05, 0.1) is 11.1 Å². The Balaban J connectivity index is 1.88. The highest BCUT2D eigenvalue weighted by atomic mass is 32.1. The van der Waals surface area contributed by atoms with Gasteiger partial charge in [-0.05, 0) is 18.8 Å². The second kappa shape index (κ2) is 4.63. The molecule has 0 saturated heterocycles. The highest BCUT2D eigenvalue weighted by Gasteiger charge is 2.42. The Hall–Kier alpha value is -1.36. The molecule has 2 aromatic rings. The molecule has 2 unspecified atom stereocenters. The first-order chi connectivity index (χ1) is 9.09. The normalized spacial score (nSPS) is 27.7. The van der Waals surface area contributed by atoms with E-state index in [0.29, 0.717) is 12.3 Å². The molecule has 2 aromatic heterocycles. The zero-order valence-electron chi connectivity index (χ0n) is 11.0. The van der Waals surface area contributed by atoms with Crippen molar-refractivity contribution in [1.82, 2.24) is 9.38 Å². The summed E-state index contributed by atoms with van der Waals surface area (Å²) in [6, 6.07) is 0. The van der Waals surface area contributed by atoms with E-state index in [1.807, 2.05) is 22.2 Å². The van der Waals surface area contributed by atoms with Crippen LogP contribution >= 0.6 is 11.3 Å². The van der Waals surface area contributed by atoms with E-state index in [1.165, 1.54) is 0 Å². The predicted octanol–water partition coefficient (Wildman–Crippen LogP) is 3.22. The fraction of sp³-hybridized carbons (Fsp3) is 0.571. The molecule has 2 heterocycles. The first kappa shape index (κ1) is 12.7. The van der Waals surface area contributed by atoms with Crippen LogP contribution < -0.4 is 0 Å². The predicted molar refractivity (Wildman–Crippen MR) is 74.5 cm³/mol. The van der Waals surface area contributed by atoms with Gasteiger partial charge in [-0.25, -0.2) is 4.98 Å². The number of aromatic nitrogens is 2. The molecule has 1 fully saturated rings. The van der Waals surface area contributed by atoms with E-state index in [0.717, 1.165) is 36.3 Å². The van der Waals surface area contributed by atoms with Crippen molar-refractivity contribution >= 4 is 22.3 Å². The minimum Gasteiger partial charge on any atom is -0.481 e. The number of carboxylic acid groups (broad SMARTS) is 1. The topological polar surface area (TPSA) is 54.6 Å². The molecule has 0 aliphatic heterocycles. The Morgan fingerprint density at radius 3 is 3.21 bits per heavy atom. The second-order valence-electron chi connectivity index (χ2n) is 5.79. The fourth-order valence-electron chi connectivity index (χ4n) is 3.30. The lowest BCUT2D eigenvalue weighted by Gasteiger charge is -2.36. The number of aliphatic carboxylic acids is 1. The van der Waals surface area contributed by atoms with E-state index in [-0.39, 0.29) is 0 Å². The third-order valence-corrected chi connectivity index (χ3v) is 4.98. The highest BCUT2D eigenvalue weighted by Crippen LogP contribution is 2.42. The SMILES string of the molecule is CC1CCCC(Cc2cn3ccsc3n2)(C(=O)O)C1. The molecule has 1 aliphatic rings. The van der Waals surface area contributed by atoms with Crippen LogP contribution in [-0.2, 0) is 11.2 Å². The summed E-state index contributed by atoms with van der Waals surface area (Å²) in [5.41, 5.74) is 0.296. The molecule has 1 aliphatic carbocycles. The van der Waals surface area contributed by atoms with Crippen LogP contribution in [0.15, 0.2) is 17.8 Å². The molecule has 4 nitrogen and oxygen atoms in total. The number of imidazole rings is 1. The van der Waals surface area contributed by atoms with E-state index in [9.17, 15) is 9.90 Å². The second-order valence-corrected chi connectivity index (χ2v) is 6.66. The van der Waals surface area contributed by atoms with Crippen molar-refractivity contribution < 1.29 is 9.90 Å². The number of rotatable bonds is 3. The van der Waals surface area contributed by atoms with Gasteiger partial charge in [0, 0.05) is 24.2 Å². The fourth-order valence-corrected chi connectivity index (χ4v) is 4.02. The lowest BCUT2D eigenvalue weighted by molar-refractivity contribution is -0.152. The van der Waals surface area contributed by atoms with E-state index in [2.05, 4.69) is 11.9 Å². The number of carboxylic acids is 1. The molecule has 19 heavy (non-hydrogen) atoms. The van der Waals surface area contributed by atoms with Crippen molar-refractivity contribution in [3.63, 3.8) is 0 Å². The summed E-state index contributed by atoms with van der Waals surface area (Å²) in [4.78, 5) is 17.2. The summed E-state index contributed by atoms with van der Waals surface area (Å²) >= 11 is 1.58. The van der Waals surface area contributed by atoms with Crippen LogP contribution in [0.1, 0.15) is 38.3 Å². The Bertz CT molecular complexity index is 575. The van der Waals surface area contributed by atoms with Gasteiger partial charge in [-0.1, -0.05) is 19.8 Å². The highest BCUT2D eigenvalue weighted by molar-refractivity contribution is 7.15. The quantitative estimate of drug-likeness (QED) is 0.938. The monoisotopic (exact) mass is 278 g/mol. The molecule has 0 radical (unpaired) electrons. The van der Waals surface area contributed by atoms with Gasteiger partial charge in [0.25, 0.3) is 0 Å². The van der Waals surface area contributed by atoms with E-state index in [4.69, 9.17) is 0 Å².